The van der Waals surface area contributed by atoms with Crippen molar-refractivity contribution in [2.75, 3.05) is 26.2 Å². The lowest BCUT2D eigenvalue weighted by Crippen LogP contribution is -2.20. The van der Waals surface area contributed by atoms with Crippen molar-refractivity contribution < 1.29 is 39.6 Å². The van der Waals surface area contributed by atoms with Gasteiger partial charge in [-0.1, -0.05) is 12.8 Å². The third-order valence-corrected chi connectivity index (χ3v) is 2.99. The summed E-state index contributed by atoms with van der Waals surface area (Å²) >= 11 is 0. The molecule has 140 valence electrons. The maximum Gasteiger partial charge on any atom is 0.414 e. The van der Waals surface area contributed by atoms with E-state index in [2.05, 4.69) is 4.90 Å². The van der Waals surface area contributed by atoms with Crippen LogP contribution in [0.15, 0.2) is 0 Å². The molecule has 0 aromatic carbocycles. The molecule has 1 heterocycles. The van der Waals surface area contributed by atoms with Crippen LogP contribution in [0.3, 0.4) is 0 Å². The average molecular weight is 350 g/mol. The van der Waals surface area contributed by atoms with E-state index in [0.717, 1.165) is 6.54 Å². The van der Waals surface area contributed by atoms with E-state index in [9.17, 15) is 0 Å². The Morgan fingerprint density at radius 1 is 0.708 bits per heavy atom. The molecule has 1 saturated heterocycles. The number of nitrogens with zero attached hydrogens (tertiary/aromatic N) is 1. The average Bonchev–Trinajstić information content (AvgIpc) is 3.01. The number of nitrogens with two attached hydrogens (primary N) is 1. The fraction of sp³-hybridized carbons (Fsp3) is 0.714. The lowest BCUT2D eigenvalue weighted by atomic mass is 10.2. The van der Waals surface area contributed by atoms with Crippen molar-refractivity contribution in [2.24, 2.45) is 5.73 Å². The van der Waals surface area contributed by atoms with Crippen LogP contribution >= 0.6 is 0 Å². The summed E-state index contributed by atoms with van der Waals surface area (Å²) in [7, 11) is 0. The molecular weight excluding hydrogens is 324 g/mol. The van der Waals surface area contributed by atoms with Crippen molar-refractivity contribution in [1.82, 2.24) is 4.90 Å². The minimum absolute atomic E-state index is 0.865. The van der Waals surface area contributed by atoms with E-state index in [-0.39, 0.29) is 0 Å². The minimum Gasteiger partial charge on any atom is -0.473 e. The van der Waals surface area contributed by atoms with Crippen molar-refractivity contribution >= 4 is 23.9 Å². The van der Waals surface area contributed by atoms with Gasteiger partial charge in [0.25, 0.3) is 0 Å². The first kappa shape index (κ1) is 24.1. The van der Waals surface area contributed by atoms with Crippen LogP contribution in [0.4, 0.5) is 0 Å². The molecule has 0 aromatic heterocycles. The highest BCUT2D eigenvalue weighted by Crippen LogP contribution is 2.09. The molecule has 0 spiro atoms. The van der Waals surface area contributed by atoms with Gasteiger partial charge in [-0.25, -0.2) is 19.2 Å². The predicted molar refractivity (Wildman–Crippen MR) is 83.7 cm³/mol. The molecule has 6 N–H and O–H groups in total. The number of unbranched alkanes of at least 4 members (excludes halogenated alkanes) is 3. The van der Waals surface area contributed by atoms with Crippen LogP contribution in [-0.2, 0) is 19.2 Å². The van der Waals surface area contributed by atoms with Crippen LogP contribution in [-0.4, -0.2) is 75.4 Å². The monoisotopic (exact) mass is 350 g/mol. The van der Waals surface area contributed by atoms with Crippen LogP contribution < -0.4 is 5.73 Å². The summed E-state index contributed by atoms with van der Waals surface area (Å²) in [5, 5.41) is 29.6. The quantitative estimate of drug-likeness (QED) is 0.321. The number of hydrogen-bond donors (Lipinski definition) is 5. The van der Waals surface area contributed by atoms with Gasteiger partial charge in [0.15, 0.2) is 0 Å². The normalized spacial score (nSPS) is 13.0. The van der Waals surface area contributed by atoms with Gasteiger partial charge in [-0.15, -0.1) is 0 Å². The lowest BCUT2D eigenvalue weighted by Gasteiger charge is -2.13. The zero-order chi connectivity index (χ0) is 19.0. The Balaban J connectivity index is 0. The van der Waals surface area contributed by atoms with E-state index < -0.39 is 23.9 Å². The lowest BCUT2D eigenvalue weighted by molar-refractivity contribution is -0.159. The van der Waals surface area contributed by atoms with Crippen molar-refractivity contribution in [3.8, 4) is 0 Å². The standard InChI is InChI=1S/C10H22N2.2C2H2O4/c11-7-3-1-2-4-8-12-9-5-6-10-12;2*3-1(4)2(5)6/h1-11H2;2*(H,3,4)(H,5,6). The van der Waals surface area contributed by atoms with Crippen molar-refractivity contribution in [3.63, 3.8) is 0 Å². The maximum atomic E-state index is 9.10. The molecular formula is C14H26N2O8. The molecule has 1 aliphatic heterocycles. The molecule has 1 rings (SSSR count). The molecule has 0 amide bonds. The maximum absolute atomic E-state index is 9.10. The highest BCUT2D eigenvalue weighted by molar-refractivity contribution is 6.27. The van der Waals surface area contributed by atoms with Crippen LogP contribution in [0.2, 0.25) is 0 Å². The number of likely N-dealkylation sites (tertiary alicyclic amines) is 1. The van der Waals surface area contributed by atoms with E-state index in [4.69, 9.17) is 45.3 Å². The molecule has 0 aromatic rings. The molecule has 1 fully saturated rings. The Morgan fingerprint density at radius 2 is 1.08 bits per heavy atom. The zero-order valence-electron chi connectivity index (χ0n) is 13.5. The summed E-state index contributed by atoms with van der Waals surface area (Å²) in [5.41, 5.74) is 5.42. The van der Waals surface area contributed by atoms with E-state index in [1.165, 1.54) is 58.2 Å². The van der Waals surface area contributed by atoms with Crippen LogP contribution in [0.25, 0.3) is 0 Å². The Morgan fingerprint density at radius 3 is 1.42 bits per heavy atom. The van der Waals surface area contributed by atoms with E-state index in [0.29, 0.717) is 0 Å². The number of aliphatic carboxylic acids is 4. The van der Waals surface area contributed by atoms with Crippen LogP contribution in [0.1, 0.15) is 38.5 Å². The smallest absolute Gasteiger partial charge is 0.414 e. The molecule has 0 bridgehead atoms. The van der Waals surface area contributed by atoms with Crippen molar-refractivity contribution in [1.29, 1.82) is 0 Å². The topological polar surface area (TPSA) is 178 Å². The fourth-order valence-electron chi connectivity index (χ4n) is 1.84. The second kappa shape index (κ2) is 15.7. The third-order valence-electron chi connectivity index (χ3n) is 2.99. The van der Waals surface area contributed by atoms with E-state index in [1.54, 1.807) is 0 Å². The molecule has 10 nitrogen and oxygen atoms in total. The zero-order valence-corrected chi connectivity index (χ0v) is 13.5. The first-order valence-corrected chi connectivity index (χ1v) is 7.57. The van der Waals surface area contributed by atoms with Crippen LogP contribution in [0.5, 0.6) is 0 Å². The van der Waals surface area contributed by atoms with Gasteiger partial charge < -0.3 is 31.1 Å². The van der Waals surface area contributed by atoms with Gasteiger partial charge in [-0.05, 0) is 51.9 Å². The van der Waals surface area contributed by atoms with Crippen molar-refractivity contribution in [3.05, 3.63) is 0 Å². The van der Waals surface area contributed by atoms with Gasteiger partial charge in [0.1, 0.15) is 0 Å². The van der Waals surface area contributed by atoms with Gasteiger partial charge in [-0.3, -0.25) is 0 Å². The summed E-state index contributed by atoms with van der Waals surface area (Å²) in [5.74, 6) is -7.30. The largest absolute Gasteiger partial charge is 0.473 e. The molecule has 0 atom stereocenters. The third kappa shape index (κ3) is 17.9. The Kier molecular flexibility index (Phi) is 15.7. The number of carboxylic acid groups (broad SMARTS) is 4. The highest BCUT2D eigenvalue weighted by atomic mass is 16.4. The SMILES string of the molecule is NCCCCCCN1CCCC1.O=C(O)C(=O)O.O=C(O)C(=O)O. The number of carboxylic acids is 4. The predicted octanol–water partition coefficient (Wildman–Crippen LogP) is -0.0875. The summed E-state index contributed by atoms with van der Waals surface area (Å²) in [6.45, 7) is 4.88. The summed E-state index contributed by atoms with van der Waals surface area (Å²) in [6.07, 6.45) is 8.11. The fourth-order valence-corrected chi connectivity index (χ4v) is 1.84. The number of rotatable bonds is 6. The second-order valence-corrected chi connectivity index (χ2v) is 4.97. The van der Waals surface area contributed by atoms with Gasteiger partial charge in [0, 0.05) is 0 Å². The molecule has 0 radical (unpaired) electrons. The minimum atomic E-state index is -1.82. The van der Waals surface area contributed by atoms with Gasteiger partial charge in [0.05, 0.1) is 0 Å². The Bertz CT molecular complexity index is 346. The molecule has 0 aliphatic carbocycles. The molecule has 24 heavy (non-hydrogen) atoms. The summed E-state index contributed by atoms with van der Waals surface area (Å²) in [6, 6.07) is 0. The first-order valence-electron chi connectivity index (χ1n) is 7.57. The first-order chi connectivity index (χ1) is 11.2. The van der Waals surface area contributed by atoms with Gasteiger partial charge in [0.2, 0.25) is 0 Å². The summed E-state index contributed by atoms with van der Waals surface area (Å²) < 4.78 is 0. The second-order valence-electron chi connectivity index (χ2n) is 4.97. The van der Waals surface area contributed by atoms with Gasteiger partial charge in [-0.2, -0.15) is 0 Å². The van der Waals surface area contributed by atoms with Gasteiger partial charge >= 0.3 is 23.9 Å². The molecule has 1 aliphatic rings. The molecule has 0 unspecified atom stereocenters. The van der Waals surface area contributed by atoms with E-state index in [1.807, 2.05) is 0 Å². The molecule has 10 heteroatoms. The van der Waals surface area contributed by atoms with E-state index >= 15 is 0 Å². The highest BCUT2D eigenvalue weighted by Gasteiger charge is 2.09. The Labute approximate surface area is 139 Å². The molecule has 0 saturated carbocycles. The summed E-state index contributed by atoms with van der Waals surface area (Å²) in [4.78, 5) is 39.0. The number of hydrogen-bond acceptors (Lipinski definition) is 6. The Hall–Kier alpha value is -2.20. The van der Waals surface area contributed by atoms with Crippen LogP contribution in [0, 0.1) is 0 Å². The number of carbonyl (C=O) groups is 4. The van der Waals surface area contributed by atoms with Crippen molar-refractivity contribution in [2.45, 2.75) is 38.5 Å².